The molecular weight excluding hydrogens is 311 g/mol. The lowest BCUT2D eigenvalue weighted by atomic mass is 10.2. The monoisotopic (exact) mass is 314 g/mol. The first-order valence-electron chi connectivity index (χ1n) is 4.83. The molecular formula is C10H4ClF5N2S. The van der Waals surface area contributed by atoms with E-state index >= 15 is 0 Å². The van der Waals surface area contributed by atoms with Crippen molar-refractivity contribution in [3.05, 3.63) is 34.1 Å². The normalized spacial score (nSPS) is 12.8. The van der Waals surface area contributed by atoms with E-state index in [0.717, 1.165) is 0 Å². The summed E-state index contributed by atoms with van der Waals surface area (Å²) in [5.41, 5.74) is -1.10. The van der Waals surface area contributed by atoms with Gasteiger partial charge in [-0.25, -0.2) is 22.0 Å². The van der Waals surface area contributed by atoms with Gasteiger partial charge in [0.1, 0.15) is 5.01 Å². The van der Waals surface area contributed by atoms with Crippen molar-refractivity contribution in [2.75, 3.05) is 0 Å². The Balaban J connectivity index is 2.68. The zero-order valence-electron chi connectivity index (χ0n) is 9.15. The molecule has 0 amide bonds. The summed E-state index contributed by atoms with van der Waals surface area (Å²) in [7, 11) is 0. The lowest BCUT2D eigenvalue weighted by molar-refractivity contribution is 0.381. The number of benzene rings is 1. The Hall–Kier alpha value is -1.28. The number of nitrogens with zero attached hydrogens (tertiary/aromatic N) is 2. The van der Waals surface area contributed by atoms with Gasteiger partial charge < -0.3 is 0 Å². The maximum Gasteiger partial charge on any atom is 0.200 e. The summed E-state index contributed by atoms with van der Waals surface area (Å²) < 4.78 is 65.9. The van der Waals surface area contributed by atoms with Gasteiger partial charge in [0.05, 0.1) is 10.9 Å². The van der Waals surface area contributed by atoms with Crippen molar-refractivity contribution in [2.45, 2.75) is 12.3 Å². The van der Waals surface area contributed by atoms with Crippen LogP contribution in [0.3, 0.4) is 0 Å². The van der Waals surface area contributed by atoms with Gasteiger partial charge in [-0.05, 0) is 6.92 Å². The van der Waals surface area contributed by atoms with Gasteiger partial charge in [-0.15, -0.1) is 21.8 Å². The van der Waals surface area contributed by atoms with Gasteiger partial charge in [0.2, 0.25) is 5.82 Å². The molecule has 2 rings (SSSR count). The van der Waals surface area contributed by atoms with Crippen molar-refractivity contribution in [1.29, 1.82) is 0 Å². The Bertz CT molecular complexity index is 614. The molecule has 0 fully saturated rings. The summed E-state index contributed by atoms with van der Waals surface area (Å²) in [6.07, 6.45) is 0. The molecule has 0 N–H and O–H groups in total. The van der Waals surface area contributed by atoms with Crippen LogP contribution in [-0.4, -0.2) is 10.2 Å². The summed E-state index contributed by atoms with van der Waals surface area (Å²) >= 11 is 6.34. The van der Waals surface area contributed by atoms with Gasteiger partial charge in [-0.3, -0.25) is 0 Å². The smallest absolute Gasteiger partial charge is 0.200 e. The highest BCUT2D eigenvalue weighted by atomic mass is 35.5. The molecule has 19 heavy (non-hydrogen) atoms. The highest BCUT2D eigenvalue weighted by Gasteiger charge is 2.28. The average Bonchev–Trinajstić information content (AvgIpc) is 2.84. The van der Waals surface area contributed by atoms with Crippen LogP contribution in [-0.2, 0) is 0 Å². The quantitative estimate of drug-likeness (QED) is 0.359. The Morgan fingerprint density at radius 2 is 1.37 bits per heavy atom. The second-order valence-corrected chi connectivity index (χ2v) is 5.17. The average molecular weight is 315 g/mol. The standard InChI is InChI=1S/C10H4ClF5N2S/c1-2(11)9-17-18-10(19-9)3-4(12)6(14)8(16)7(15)5(3)13/h2H,1H3. The molecule has 9 heteroatoms. The predicted molar refractivity (Wildman–Crippen MR) is 59.4 cm³/mol. The molecule has 0 aliphatic heterocycles. The maximum atomic E-state index is 13.5. The van der Waals surface area contributed by atoms with Crippen LogP contribution >= 0.6 is 22.9 Å². The van der Waals surface area contributed by atoms with E-state index in [9.17, 15) is 22.0 Å². The van der Waals surface area contributed by atoms with Gasteiger partial charge in [0.15, 0.2) is 28.3 Å². The second-order valence-electron chi connectivity index (χ2n) is 3.51. The summed E-state index contributed by atoms with van der Waals surface area (Å²) in [6, 6.07) is 0. The highest BCUT2D eigenvalue weighted by molar-refractivity contribution is 7.15. The van der Waals surface area contributed by atoms with E-state index < -0.39 is 45.0 Å². The number of alkyl halides is 1. The van der Waals surface area contributed by atoms with Crippen LogP contribution in [0.2, 0.25) is 0 Å². The van der Waals surface area contributed by atoms with Gasteiger partial charge in [-0.2, -0.15) is 0 Å². The molecule has 2 aromatic rings. The predicted octanol–water partition coefficient (Wildman–Crippen LogP) is 4.20. The fourth-order valence-electron chi connectivity index (χ4n) is 1.29. The van der Waals surface area contributed by atoms with Gasteiger partial charge in [0, 0.05) is 0 Å². The third-order valence-corrected chi connectivity index (χ3v) is 3.66. The zero-order valence-corrected chi connectivity index (χ0v) is 10.7. The number of hydrogen-bond acceptors (Lipinski definition) is 3. The molecule has 0 saturated heterocycles. The van der Waals surface area contributed by atoms with Crippen LogP contribution in [0.1, 0.15) is 17.3 Å². The Morgan fingerprint density at radius 1 is 0.895 bits per heavy atom. The summed E-state index contributed by atoms with van der Waals surface area (Å²) in [6.45, 7) is 1.53. The molecule has 1 atom stereocenters. The lowest BCUT2D eigenvalue weighted by Gasteiger charge is -2.04. The lowest BCUT2D eigenvalue weighted by Crippen LogP contribution is -2.03. The summed E-state index contributed by atoms with van der Waals surface area (Å²) in [5, 5.41) is 6.11. The van der Waals surface area contributed by atoms with E-state index in [1.54, 1.807) is 0 Å². The minimum absolute atomic E-state index is 0.209. The highest BCUT2D eigenvalue weighted by Crippen LogP contribution is 2.35. The summed E-state index contributed by atoms with van der Waals surface area (Å²) in [4.78, 5) is 0. The van der Waals surface area contributed by atoms with Crippen molar-refractivity contribution in [2.24, 2.45) is 0 Å². The van der Waals surface area contributed by atoms with E-state index in [1.165, 1.54) is 6.92 Å². The van der Waals surface area contributed by atoms with E-state index in [1.807, 2.05) is 0 Å². The first-order valence-corrected chi connectivity index (χ1v) is 6.09. The van der Waals surface area contributed by atoms with Crippen LogP contribution in [0.4, 0.5) is 22.0 Å². The fraction of sp³-hybridized carbons (Fsp3) is 0.200. The molecule has 1 unspecified atom stereocenters. The molecule has 1 heterocycles. The van der Waals surface area contributed by atoms with Crippen molar-refractivity contribution >= 4 is 22.9 Å². The van der Waals surface area contributed by atoms with Gasteiger partial charge in [0.25, 0.3) is 0 Å². The zero-order chi connectivity index (χ0) is 14.3. The van der Waals surface area contributed by atoms with Crippen LogP contribution in [0, 0.1) is 29.1 Å². The molecule has 2 nitrogen and oxygen atoms in total. The van der Waals surface area contributed by atoms with Gasteiger partial charge in [-0.1, -0.05) is 11.3 Å². The molecule has 1 aromatic heterocycles. The maximum absolute atomic E-state index is 13.5. The first-order chi connectivity index (χ1) is 8.84. The number of halogens is 6. The summed E-state index contributed by atoms with van der Waals surface area (Å²) in [5.74, 6) is -10.1. The molecule has 0 aliphatic carbocycles. The second kappa shape index (κ2) is 5.01. The molecule has 0 spiro atoms. The Labute approximate surface area is 112 Å². The molecule has 0 radical (unpaired) electrons. The Morgan fingerprint density at radius 3 is 1.79 bits per heavy atom. The fourth-order valence-corrected chi connectivity index (χ4v) is 2.27. The molecule has 0 bridgehead atoms. The largest absolute Gasteiger partial charge is 0.203 e. The van der Waals surface area contributed by atoms with E-state index in [2.05, 4.69) is 10.2 Å². The number of rotatable bonds is 2. The van der Waals surface area contributed by atoms with Gasteiger partial charge >= 0.3 is 0 Å². The molecule has 0 saturated carbocycles. The van der Waals surface area contributed by atoms with Crippen molar-refractivity contribution in [3.8, 4) is 10.6 Å². The van der Waals surface area contributed by atoms with Crippen LogP contribution in [0.25, 0.3) is 10.6 Å². The minimum atomic E-state index is -2.21. The van der Waals surface area contributed by atoms with E-state index in [-0.39, 0.29) is 5.01 Å². The minimum Gasteiger partial charge on any atom is -0.203 e. The third-order valence-electron chi connectivity index (χ3n) is 2.20. The van der Waals surface area contributed by atoms with Crippen LogP contribution in [0.15, 0.2) is 0 Å². The molecule has 1 aromatic carbocycles. The molecule has 102 valence electrons. The molecule has 0 aliphatic rings. The van der Waals surface area contributed by atoms with E-state index in [0.29, 0.717) is 11.3 Å². The number of aromatic nitrogens is 2. The van der Waals surface area contributed by atoms with Crippen molar-refractivity contribution in [3.63, 3.8) is 0 Å². The van der Waals surface area contributed by atoms with Crippen LogP contribution < -0.4 is 0 Å². The first kappa shape index (κ1) is 14.1. The third kappa shape index (κ3) is 2.30. The number of hydrogen-bond donors (Lipinski definition) is 0. The Kier molecular flexibility index (Phi) is 3.73. The van der Waals surface area contributed by atoms with Crippen molar-refractivity contribution < 1.29 is 22.0 Å². The topological polar surface area (TPSA) is 25.8 Å². The van der Waals surface area contributed by atoms with Crippen molar-refractivity contribution in [1.82, 2.24) is 10.2 Å². The SMILES string of the molecule is CC(Cl)c1nnc(-c2c(F)c(F)c(F)c(F)c2F)s1. The van der Waals surface area contributed by atoms with Crippen LogP contribution in [0.5, 0.6) is 0 Å². The van der Waals surface area contributed by atoms with E-state index in [4.69, 9.17) is 11.6 Å².